The minimum Gasteiger partial charge on any atom is -0.480 e. The first kappa shape index (κ1) is 26.2. The molecule has 9 nitrogen and oxygen atoms in total. The number of aliphatic carboxylic acids is 2. The molecule has 0 saturated heterocycles. The molecule has 3 aromatic rings. The molecule has 0 aromatic heterocycles. The third-order valence-electron chi connectivity index (χ3n) is 6.25. The first-order valence-electron chi connectivity index (χ1n) is 11.7. The highest BCUT2D eigenvalue weighted by atomic mass is 16.6. The Balaban J connectivity index is 1.80. The summed E-state index contributed by atoms with van der Waals surface area (Å²) in [7, 11) is 0. The van der Waals surface area contributed by atoms with Crippen molar-refractivity contribution in [3.63, 3.8) is 0 Å². The van der Waals surface area contributed by atoms with Crippen LogP contribution in [0, 0.1) is 5.41 Å². The number of esters is 1. The fourth-order valence-corrected chi connectivity index (χ4v) is 4.38. The van der Waals surface area contributed by atoms with Crippen molar-refractivity contribution >= 4 is 46.4 Å². The van der Waals surface area contributed by atoms with Crippen LogP contribution in [0.4, 0.5) is 4.79 Å². The van der Waals surface area contributed by atoms with Crippen LogP contribution in [-0.2, 0) is 19.1 Å². The number of hydrogen-bond donors (Lipinski definition) is 3. The Labute approximate surface area is 217 Å². The molecule has 1 aliphatic rings. The lowest BCUT2D eigenvalue weighted by atomic mass is 9.74. The second-order valence-corrected chi connectivity index (χ2v) is 8.86. The van der Waals surface area contributed by atoms with Gasteiger partial charge in [-0.1, -0.05) is 61.2 Å². The van der Waals surface area contributed by atoms with Crippen molar-refractivity contribution in [1.29, 1.82) is 0 Å². The van der Waals surface area contributed by atoms with Gasteiger partial charge in [0.15, 0.2) is 5.41 Å². The Hall–Kier alpha value is -4.92. The maximum Gasteiger partial charge on any atom is 0.412 e. The summed E-state index contributed by atoms with van der Waals surface area (Å²) in [5.41, 5.74) is -1.15. The summed E-state index contributed by atoms with van der Waals surface area (Å²) >= 11 is 0. The third-order valence-corrected chi connectivity index (χ3v) is 6.25. The van der Waals surface area contributed by atoms with Gasteiger partial charge in [0.25, 0.3) is 0 Å². The Bertz CT molecular complexity index is 1590. The van der Waals surface area contributed by atoms with Crippen LogP contribution in [-0.4, -0.2) is 47.4 Å². The predicted octanol–water partition coefficient (Wildman–Crippen LogP) is 2.59. The zero-order valence-corrected chi connectivity index (χ0v) is 20.5. The minimum absolute atomic E-state index is 0.0176. The Morgan fingerprint density at radius 3 is 2.37 bits per heavy atom. The first-order valence-corrected chi connectivity index (χ1v) is 11.7. The molecule has 3 N–H and O–H groups in total. The molecule has 0 radical (unpaired) electrons. The Morgan fingerprint density at radius 1 is 0.974 bits per heavy atom. The van der Waals surface area contributed by atoms with Gasteiger partial charge in [-0.25, -0.2) is 9.59 Å². The Morgan fingerprint density at radius 2 is 1.66 bits per heavy atom. The lowest BCUT2D eigenvalue weighted by molar-refractivity contribution is -0.159. The van der Waals surface area contributed by atoms with E-state index in [1.54, 1.807) is 48.5 Å². The molecule has 3 aromatic carbocycles. The summed E-state index contributed by atoms with van der Waals surface area (Å²) in [4.78, 5) is 48.8. The van der Waals surface area contributed by atoms with Crippen molar-refractivity contribution in [2.24, 2.45) is 5.41 Å². The molecule has 0 bridgehead atoms. The van der Waals surface area contributed by atoms with E-state index in [1.165, 1.54) is 13.0 Å². The van der Waals surface area contributed by atoms with Gasteiger partial charge in [0.1, 0.15) is 12.4 Å². The normalized spacial score (nSPS) is 13.6. The van der Waals surface area contributed by atoms with Gasteiger partial charge in [0, 0.05) is 17.6 Å². The molecule has 9 heteroatoms. The van der Waals surface area contributed by atoms with Gasteiger partial charge in [-0.2, -0.15) is 0 Å². The molecule has 0 unspecified atom stereocenters. The average Bonchev–Trinajstić information content (AvgIpc) is 2.90. The number of amides is 1. The summed E-state index contributed by atoms with van der Waals surface area (Å²) in [5, 5.41) is 25.1. The monoisotopic (exact) mass is 515 g/mol. The van der Waals surface area contributed by atoms with Crippen molar-refractivity contribution in [1.82, 2.24) is 5.32 Å². The van der Waals surface area contributed by atoms with Crippen LogP contribution in [0.1, 0.15) is 18.9 Å². The van der Waals surface area contributed by atoms with E-state index >= 15 is 0 Å². The predicted molar refractivity (Wildman–Crippen MR) is 139 cm³/mol. The lowest BCUT2D eigenvalue weighted by Crippen LogP contribution is -2.45. The number of carboxylic acids is 2. The Kier molecular flexibility index (Phi) is 7.29. The van der Waals surface area contributed by atoms with Crippen molar-refractivity contribution in [2.75, 3.05) is 13.2 Å². The lowest BCUT2D eigenvalue weighted by Gasteiger charge is -2.27. The molecule has 1 aliphatic carbocycles. The summed E-state index contributed by atoms with van der Waals surface area (Å²) < 4.78 is 10.6. The number of rotatable bonds is 8. The van der Waals surface area contributed by atoms with Gasteiger partial charge in [-0.05, 0) is 45.8 Å². The molecule has 0 fully saturated rings. The van der Waals surface area contributed by atoms with Gasteiger partial charge in [0.2, 0.25) is 0 Å². The number of fused-ring (bicyclic) bond motifs is 2. The minimum atomic E-state index is -2.21. The zero-order valence-electron chi connectivity index (χ0n) is 20.5. The SMILES string of the molecule is C=C(C)C(=O)OCCNC(=O)Oc1ccc2ccccc2c1C1=c2ccccc2=CC(C(=O)O)(C(=O)O)C1. The van der Waals surface area contributed by atoms with Crippen molar-refractivity contribution in [2.45, 2.75) is 13.3 Å². The second kappa shape index (κ2) is 10.6. The largest absolute Gasteiger partial charge is 0.480 e. The van der Waals surface area contributed by atoms with Gasteiger partial charge in [-0.3, -0.25) is 9.59 Å². The number of nitrogens with one attached hydrogen (secondary N) is 1. The molecule has 0 atom stereocenters. The van der Waals surface area contributed by atoms with E-state index in [2.05, 4.69) is 11.9 Å². The van der Waals surface area contributed by atoms with Crippen molar-refractivity contribution in [3.8, 4) is 5.75 Å². The third kappa shape index (κ3) is 4.99. The summed E-state index contributed by atoms with van der Waals surface area (Å²) in [5.74, 6) is -3.46. The van der Waals surface area contributed by atoms with Crippen LogP contribution in [0.5, 0.6) is 5.75 Å². The summed E-state index contributed by atoms with van der Waals surface area (Å²) in [6.45, 7) is 4.89. The molecule has 0 heterocycles. The molecule has 4 rings (SSSR count). The molecule has 0 saturated carbocycles. The number of carbonyl (C=O) groups is 4. The molecule has 0 aliphatic heterocycles. The van der Waals surface area contributed by atoms with Crippen LogP contribution < -0.4 is 20.5 Å². The quantitative estimate of drug-likeness (QED) is 0.180. The smallest absolute Gasteiger partial charge is 0.412 e. The standard InChI is InChI=1S/C29H25NO8/c1-17(2)25(31)37-14-13-30-28(36)38-23-12-11-18-7-3-6-10-21(18)24(23)22-16-29(26(32)33,27(34)35)15-19-8-4-5-9-20(19)22/h3-12,15H,1,13-14,16H2,2H3,(H,30,36)(H,32,33)(H,34,35). The van der Waals surface area contributed by atoms with Crippen LogP contribution in [0.2, 0.25) is 0 Å². The van der Waals surface area contributed by atoms with Gasteiger partial charge in [0.05, 0.1) is 6.54 Å². The zero-order chi connectivity index (χ0) is 27.4. The highest BCUT2D eigenvalue weighted by Crippen LogP contribution is 2.40. The van der Waals surface area contributed by atoms with Gasteiger partial charge < -0.3 is 25.0 Å². The van der Waals surface area contributed by atoms with Crippen molar-refractivity contribution < 1.29 is 38.9 Å². The van der Waals surface area contributed by atoms with Crippen LogP contribution in [0.25, 0.3) is 22.4 Å². The molecule has 194 valence electrons. The number of ether oxygens (including phenoxy) is 2. The van der Waals surface area contributed by atoms with Crippen LogP contribution >= 0.6 is 0 Å². The maximum atomic E-state index is 12.7. The number of carbonyl (C=O) groups excluding carboxylic acids is 2. The summed E-state index contributed by atoms with van der Waals surface area (Å²) in [6, 6.07) is 17.5. The molecule has 1 amide bonds. The van der Waals surface area contributed by atoms with E-state index in [9.17, 15) is 29.4 Å². The van der Waals surface area contributed by atoms with Crippen LogP contribution in [0.3, 0.4) is 0 Å². The fourth-order valence-electron chi connectivity index (χ4n) is 4.38. The maximum absolute atomic E-state index is 12.7. The van der Waals surface area contributed by atoms with E-state index in [-0.39, 0.29) is 30.9 Å². The number of benzene rings is 3. The van der Waals surface area contributed by atoms with Gasteiger partial charge in [-0.15, -0.1) is 0 Å². The molecule has 0 spiro atoms. The van der Waals surface area contributed by atoms with E-state index < -0.39 is 29.4 Å². The average molecular weight is 516 g/mol. The number of carboxylic acid groups (broad SMARTS) is 2. The van der Waals surface area contributed by atoms with E-state index in [4.69, 9.17) is 9.47 Å². The molecular formula is C29H25NO8. The second-order valence-electron chi connectivity index (χ2n) is 8.86. The highest BCUT2D eigenvalue weighted by Gasteiger charge is 2.47. The first-order chi connectivity index (χ1) is 18.1. The van der Waals surface area contributed by atoms with E-state index in [1.807, 2.05) is 12.1 Å². The van der Waals surface area contributed by atoms with Crippen molar-refractivity contribution in [3.05, 3.63) is 88.8 Å². The van der Waals surface area contributed by atoms with Crippen LogP contribution in [0.15, 0.2) is 72.8 Å². The van der Waals surface area contributed by atoms with Gasteiger partial charge >= 0.3 is 24.0 Å². The topological polar surface area (TPSA) is 139 Å². The fraction of sp³-hybridized carbons (Fsp3) is 0.172. The van der Waals surface area contributed by atoms with E-state index in [0.717, 1.165) is 5.39 Å². The summed E-state index contributed by atoms with van der Waals surface area (Å²) in [6.07, 6.45) is 0.0606. The number of hydrogen-bond acceptors (Lipinski definition) is 6. The molecular weight excluding hydrogens is 490 g/mol. The van der Waals surface area contributed by atoms with E-state index in [0.29, 0.717) is 27.0 Å². The molecule has 38 heavy (non-hydrogen) atoms. The highest BCUT2D eigenvalue weighted by molar-refractivity contribution is 6.08.